The van der Waals surface area contributed by atoms with Gasteiger partial charge in [-0.3, -0.25) is 0 Å². The summed E-state index contributed by atoms with van der Waals surface area (Å²) in [4.78, 5) is 0. The van der Waals surface area contributed by atoms with E-state index in [0.29, 0.717) is 18.3 Å². The molecule has 1 aliphatic rings. The first-order chi connectivity index (χ1) is 9.51. The van der Waals surface area contributed by atoms with E-state index in [4.69, 9.17) is 4.42 Å². The number of furan rings is 1. The maximum Gasteiger partial charge on any atom is 0.273 e. The van der Waals surface area contributed by atoms with Crippen LogP contribution in [0.1, 0.15) is 44.8 Å². The molecule has 0 radical (unpaired) electrons. The Morgan fingerprint density at radius 2 is 2.05 bits per heavy atom. The average molecular weight is 300 g/mol. The summed E-state index contributed by atoms with van der Waals surface area (Å²) >= 11 is 0. The van der Waals surface area contributed by atoms with Crippen LogP contribution >= 0.6 is 0 Å². The number of sulfonamides is 1. The lowest BCUT2D eigenvalue weighted by atomic mass is 10.0. The van der Waals surface area contributed by atoms with Crippen LogP contribution in [0.25, 0.3) is 0 Å². The molecule has 0 spiro atoms. The van der Waals surface area contributed by atoms with Gasteiger partial charge in [-0.2, -0.15) is 0 Å². The highest BCUT2D eigenvalue weighted by Gasteiger charge is 2.18. The van der Waals surface area contributed by atoms with Crippen molar-refractivity contribution in [2.24, 2.45) is 5.92 Å². The molecule has 114 valence electrons. The van der Waals surface area contributed by atoms with Gasteiger partial charge in [0, 0.05) is 6.04 Å². The van der Waals surface area contributed by atoms with Crippen molar-refractivity contribution >= 4 is 10.0 Å². The van der Waals surface area contributed by atoms with Crippen molar-refractivity contribution in [3.8, 4) is 0 Å². The Balaban J connectivity index is 1.88. The van der Waals surface area contributed by atoms with Crippen molar-refractivity contribution in [1.29, 1.82) is 0 Å². The third-order valence-electron chi connectivity index (χ3n) is 3.99. The van der Waals surface area contributed by atoms with E-state index in [9.17, 15) is 8.42 Å². The Morgan fingerprint density at radius 1 is 1.25 bits per heavy atom. The van der Waals surface area contributed by atoms with E-state index in [1.807, 2.05) is 0 Å². The van der Waals surface area contributed by atoms with Gasteiger partial charge in [-0.05, 0) is 44.4 Å². The first-order valence-corrected chi connectivity index (χ1v) is 8.75. The zero-order valence-electron chi connectivity index (χ0n) is 12.2. The summed E-state index contributed by atoms with van der Waals surface area (Å²) in [5, 5.41) is 3.45. The van der Waals surface area contributed by atoms with Gasteiger partial charge in [-0.1, -0.05) is 19.8 Å². The third kappa shape index (κ3) is 4.07. The molecule has 6 heteroatoms. The Bertz CT molecular complexity index is 524. The molecule has 0 saturated heterocycles. The van der Waals surface area contributed by atoms with E-state index < -0.39 is 10.0 Å². The molecule has 1 aliphatic carbocycles. The van der Waals surface area contributed by atoms with Crippen LogP contribution in [0.5, 0.6) is 0 Å². The molecule has 2 N–H and O–H groups in total. The van der Waals surface area contributed by atoms with Crippen LogP contribution in [0, 0.1) is 5.92 Å². The standard InChI is InChI=1S/C14H24N2O3S/c1-11-4-3-5-12(7-6-11)16-10-13-8-9-14(19-13)20(17,18)15-2/h8-9,11-12,15-16H,3-7,10H2,1-2H3. The lowest BCUT2D eigenvalue weighted by Gasteiger charge is -2.15. The Labute approximate surface area is 121 Å². The van der Waals surface area contributed by atoms with Crippen LogP contribution in [0.15, 0.2) is 21.6 Å². The van der Waals surface area contributed by atoms with E-state index in [0.717, 1.165) is 5.92 Å². The van der Waals surface area contributed by atoms with Crippen LogP contribution in [-0.2, 0) is 16.6 Å². The summed E-state index contributed by atoms with van der Waals surface area (Å²) in [5.41, 5.74) is 0. The molecule has 0 amide bonds. The van der Waals surface area contributed by atoms with Crippen molar-refractivity contribution in [3.05, 3.63) is 17.9 Å². The lowest BCUT2D eigenvalue weighted by Crippen LogP contribution is -2.27. The molecule has 1 aromatic heterocycles. The third-order valence-corrected chi connectivity index (χ3v) is 5.28. The van der Waals surface area contributed by atoms with Crippen molar-refractivity contribution in [1.82, 2.24) is 10.0 Å². The van der Waals surface area contributed by atoms with Crippen molar-refractivity contribution in [3.63, 3.8) is 0 Å². The highest BCUT2D eigenvalue weighted by Crippen LogP contribution is 2.23. The minimum atomic E-state index is -3.48. The fourth-order valence-corrected chi connectivity index (χ4v) is 3.30. The highest BCUT2D eigenvalue weighted by atomic mass is 32.2. The molecule has 20 heavy (non-hydrogen) atoms. The average Bonchev–Trinajstić information content (AvgIpc) is 2.81. The summed E-state index contributed by atoms with van der Waals surface area (Å²) in [5.74, 6) is 1.48. The predicted octanol–water partition coefficient (Wildman–Crippen LogP) is 2.25. The zero-order chi connectivity index (χ0) is 14.6. The van der Waals surface area contributed by atoms with E-state index in [1.54, 1.807) is 6.07 Å². The lowest BCUT2D eigenvalue weighted by molar-refractivity contribution is 0.374. The molecule has 1 aromatic rings. The van der Waals surface area contributed by atoms with E-state index in [2.05, 4.69) is 17.0 Å². The van der Waals surface area contributed by atoms with Gasteiger partial charge in [0.2, 0.25) is 5.09 Å². The summed E-state index contributed by atoms with van der Waals surface area (Å²) in [6, 6.07) is 3.73. The number of rotatable bonds is 5. The monoisotopic (exact) mass is 300 g/mol. The first-order valence-electron chi connectivity index (χ1n) is 7.27. The fourth-order valence-electron chi connectivity index (χ4n) is 2.63. The highest BCUT2D eigenvalue weighted by molar-refractivity contribution is 7.89. The molecule has 2 rings (SSSR count). The smallest absolute Gasteiger partial charge is 0.273 e. The van der Waals surface area contributed by atoms with Crippen molar-refractivity contribution in [2.75, 3.05) is 7.05 Å². The van der Waals surface area contributed by atoms with Gasteiger partial charge >= 0.3 is 0 Å². The summed E-state index contributed by atoms with van der Waals surface area (Å²) in [6.07, 6.45) is 6.20. The Hall–Kier alpha value is -0.850. The number of hydrogen-bond acceptors (Lipinski definition) is 4. The summed E-state index contributed by atoms with van der Waals surface area (Å²) < 4.78 is 30.8. The normalized spacial score (nSPS) is 24.5. The molecule has 0 aliphatic heterocycles. The maximum absolute atomic E-state index is 11.6. The predicted molar refractivity (Wildman–Crippen MR) is 77.8 cm³/mol. The molecular weight excluding hydrogens is 276 g/mol. The second kappa shape index (κ2) is 6.74. The SMILES string of the molecule is CNS(=O)(=O)c1ccc(CNC2CCCC(C)CC2)o1. The topological polar surface area (TPSA) is 71.3 Å². The fraction of sp³-hybridized carbons (Fsp3) is 0.714. The van der Waals surface area contributed by atoms with Gasteiger partial charge in [0.25, 0.3) is 10.0 Å². The summed E-state index contributed by atoms with van der Waals surface area (Å²) in [7, 11) is -2.10. The molecule has 5 nitrogen and oxygen atoms in total. The largest absolute Gasteiger partial charge is 0.447 e. The van der Waals surface area contributed by atoms with Gasteiger partial charge in [0.15, 0.2) is 0 Å². The van der Waals surface area contributed by atoms with Gasteiger partial charge in [0.05, 0.1) is 6.54 Å². The minimum absolute atomic E-state index is 0.0220. The van der Waals surface area contributed by atoms with Crippen molar-refractivity contribution in [2.45, 2.75) is 56.7 Å². The molecule has 1 saturated carbocycles. The Kier molecular flexibility index (Phi) is 5.23. The molecular formula is C14H24N2O3S. The van der Waals surface area contributed by atoms with Gasteiger partial charge in [-0.25, -0.2) is 13.1 Å². The van der Waals surface area contributed by atoms with E-state index in [-0.39, 0.29) is 5.09 Å². The van der Waals surface area contributed by atoms with E-state index >= 15 is 0 Å². The number of nitrogens with one attached hydrogen (secondary N) is 2. The molecule has 1 heterocycles. The summed E-state index contributed by atoms with van der Waals surface area (Å²) in [6.45, 7) is 2.89. The number of hydrogen-bond donors (Lipinski definition) is 2. The van der Waals surface area contributed by atoms with Gasteiger partial charge in [0.1, 0.15) is 5.76 Å². The van der Waals surface area contributed by atoms with Crippen molar-refractivity contribution < 1.29 is 12.8 Å². The van der Waals surface area contributed by atoms with Crippen LogP contribution < -0.4 is 10.0 Å². The van der Waals surface area contributed by atoms with Crippen LogP contribution in [-0.4, -0.2) is 21.5 Å². The molecule has 2 atom stereocenters. The molecule has 2 unspecified atom stereocenters. The van der Waals surface area contributed by atoms with Gasteiger partial charge in [-0.15, -0.1) is 0 Å². The molecule has 1 fully saturated rings. The molecule has 0 aromatic carbocycles. The maximum atomic E-state index is 11.6. The van der Waals surface area contributed by atoms with Crippen LogP contribution in [0.3, 0.4) is 0 Å². The first kappa shape index (κ1) is 15.5. The molecule has 0 bridgehead atoms. The zero-order valence-corrected chi connectivity index (χ0v) is 13.0. The quantitative estimate of drug-likeness (QED) is 0.818. The van der Waals surface area contributed by atoms with Gasteiger partial charge < -0.3 is 9.73 Å². The second-order valence-corrected chi connectivity index (χ2v) is 7.44. The second-order valence-electron chi connectivity index (χ2n) is 5.62. The minimum Gasteiger partial charge on any atom is -0.447 e. The Morgan fingerprint density at radius 3 is 2.80 bits per heavy atom. The van der Waals surface area contributed by atoms with Crippen LogP contribution in [0.2, 0.25) is 0 Å². The van der Waals surface area contributed by atoms with Crippen LogP contribution in [0.4, 0.5) is 0 Å². The van der Waals surface area contributed by atoms with E-state index in [1.165, 1.54) is 45.2 Å².